The Balaban J connectivity index is 2.67. The van der Waals surface area contributed by atoms with Crippen molar-refractivity contribution in [2.45, 2.75) is 117 Å². The van der Waals surface area contributed by atoms with Gasteiger partial charge in [-0.1, -0.05) is 19.3 Å². The van der Waals surface area contributed by atoms with Gasteiger partial charge in [0, 0.05) is 6.42 Å². The van der Waals surface area contributed by atoms with Crippen LogP contribution < -0.4 is 16.0 Å². The Bertz CT molecular complexity index is 891. The molecule has 0 radical (unpaired) electrons. The maximum Gasteiger partial charge on any atom is 0.408 e. The lowest BCUT2D eigenvalue weighted by Gasteiger charge is -2.25. The number of alkyl carbamates (subject to hydrolysis) is 1. The van der Waals surface area contributed by atoms with E-state index in [9.17, 15) is 33.8 Å². The number of nitrogens with one attached hydrogen (secondary N) is 3. The maximum atomic E-state index is 12.9. The van der Waals surface area contributed by atoms with E-state index in [1.165, 1.54) is 6.92 Å². The van der Waals surface area contributed by atoms with Crippen LogP contribution in [0.5, 0.6) is 0 Å². The van der Waals surface area contributed by atoms with E-state index in [4.69, 9.17) is 9.47 Å². The van der Waals surface area contributed by atoms with Gasteiger partial charge < -0.3 is 25.4 Å². The van der Waals surface area contributed by atoms with E-state index in [2.05, 4.69) is 16.0 Å². The summed E-state index contributed by atoms with van der Waals surface area (Å²) < 4.78 is 10.5. The Morgan fingerprint density at radius 2 is 1.48 bits per heavy atom. The fourth-order valence-electron chi connectivity index (χ4n) is 4.23. The number of esters is 1. The molecule has 1 fully saturated rings. The van der Waals surface area contributed by atoms with Gasteiger partial charge >= 0.3 is 12.1 Å². The van der Waals surface area contributed by atoms with E-state index in [-0.39, 0.29) is 31.5 Å². The molecule has 0 unspecified atom stereocenters. The van der Waals surface area contributed by atoms with Crippen LogP contribution in [0, 0.1) is 5.92 Å². The molecule has 2 atom stereocenters. The first-order valence-electron chi connectivity index (χ1n) is 13.9. The molecule has 40 heavy (non-hydrogen) atoms. The lowest BCUT2D eigenvalue weighted by atomic mass is 9.91. The van der Waals surface area contributed by atoms with Gasteiger partial charge in [-0.15, -0.1) is 0 Å². The van der Waals surface area contributed by atoms with Crippen molar-refractivity contribution in [3.63, 3.8) is 0 Å². The third kappa shape index (κ3) is 16.1. The molecule has 0 aromatic carbocycles. The highest BCUT2D eigenvalue weighted by Gasteiger charge is 2.39. The summed E-state index contributed by atoms with van der Waals surface area (Å²) in [6, 6.07) is -2.24. The minimum Gasteiger partial charge on any atom is -0.458 e. The number of rotatable bonds is 13. The Morgan fingerprint density at radius 1 is 0.900 bits per heavy atom. The molecule has 1 aliphatic carbocycles. The van der Waals surface area contributed by atoms with Crippen molar-refractivity contribution in [1.29, 1.82) is 0 Å². The minimum absolute atomic E-state index is 0.148. The smallest absolute Gasteiger partial charge is 0.408 e. The van der Waals surface area contributed by atoms with Gasteiger partial charge in [0.15, 0.2) is 11.9 Å². The average molecular weight is 591 g/mol. The molecule has 13 heteroatoms. The molecule has 0 aromatic rings. The number of ketones is 1. The Labute approximate surface area is 238 Å². The SMILES string of the molecule is C[C@H](NC(=O)[C@@H](CCC(=O)NCC(=O)C[P+](O)(O)CC1CCCCC1)NC(=O)OC(C)(C)C)C(=O)OC(C)(C)C. The Kier molecular flexibility index (Phi) is 14.0. The van der Waals surface area contributed by atoms with E-state index in [0.717, 1.165) is 32.1 Å². The fraction of sp³-hybridized carbons (Fsp3) is 0.815. The summed E-state index contributed by atoms with van der Waals surface area (Å²) in [4.78, 5) is 83.0. The number of amides is 3. The first-order valence-corrected chi connectivity index (χ1v) is 16.0. The lowest BCUT2D eigenvalue weighted by molar-refractivity contribution is -0.158. The standard InChI is InChI=1S/C27H48N3O9P/c1-18(24(34)38-26(2,3)4)29-23(33)21(30-25(35)39-27(5,6)7)13-14-22(32)28-15-20(31)17-40(36,37)16-19-11-9-8-10-12-19/h18-19,21,36-37H,8-17H2,1-7H3,(H2-,28,29,30,32,33,35)/p+1/t18-,21+/m0/s1. The van der Waals surface area contributed by atoms with Crippen LogP contribution in [-0.4, -0.2) is 81.6 Å². The summed E-state index contributed by atoms with van der Waals surface area (Å²) in [5.41, 5.74) is -1.59. The minimum atomic E-state index is -3.39. The van der Waals surface area contributed by atoms with Gasteiger partial charge in [-0.3, -0.25) is 14.4 Å². The predicted octanol–water partition coefficient (Wildman–Crippen LogP) is 2.60. The van der Waals surface area contributed by atoms with E-state index < -0.39 is 66.8 Å². The summed E-state index contributed by atoms with van der Waals surface area (Å²) in [5.74, 6) is -2.23. The summed E-state index contributed by atoms with van der Waals surface area (Å²) in [5, 5.41) is 7.34. The van der Waals surface area contributed by atoms with Crippen molar-refractivity contribution in [3.8, 4) is 0 Å². The van der Waals surface area contributed by atoms with Crippen molar-refractivity contribution >= 4 is 37.4 Å². The first-order chi connectivity index (χ1) is 18.3. The van der Waals surface area contributed by atoms with Crippen LogP contribution in [0.3, 0.4) is 0 Å². The molecule has 0 aromatic heterocycles. The average Bonchev–Trinajstić information content (AvgIpc) is 2.77. The summed E-state index contributed by atoms with van der Waals surface area (Å²) in [7, 11) is -3.39. The molecular formula is C27H49N3O9P+. The van der Waals surface area contributed by atoms with Gasteiger partial charge in [0.25, 0.3) is 7.72 Å². The number of Topliss-reactive ketones (excluding diaryl/α,β-unsaturated/α-hetero) is 1. The molecule has 1 saturated carbocycles. The molecule has 3 amide bonds. The van der Waals surface area contributed by atoms with Crippen LogP contribution in [0.1, 0.15) is 93.4 Å². The van der Waals surface area contributed by atoms with Crippen molar-refractivity contribution < 1.29 is 43.2 Å². The zero-order chi connectivity index (χ0) is 30.7. The number of ether oxygens (including phenoxy) is 2. The van der Waals surface area contributed by atoms with Crippen LogP contribution in [0.4, 0.5) is 4.79 Å². The van der Waals surface area contributed by atoms with Crippen molar-refractivity contribution in [2.24, 2.45) is 5.92 Å². The molecule has 12 nitrogen and oxygen atoms in total. The summed E-state index contributed by atoms with van der Waals surface area (Å²) in [6.07, 6.45) is 3.67. The van der Waals surface area contributed by atoms with Crippen LogP contribution in [-0.2, 0) is 28.7 Å². The van der Waals surface area contributed by atoms with Gasteiger partial charge in [0.1, 0.15) is 29.4 Å². The predicted molar refractivity (Wildman–Crippen MR) is 152 cm³/mol. The molecule has 230 valence electrons. The second-order valence-electron chi connectivity index (χ2n) is 12.5. The second-order valence-corrected chi connectivity index (χ2v) is 15.0. The van der Waals surface area contributed by atoms with Crippen LogP contribution in [0.25, 0.3) is 0 Å². The monoisotopic (exact) mass is 590 g/mol. The Morgan fingerprint density at radius 3 is 2.02 bits per heavy atom. The molecular weight excluding hydrogens is 541 g/mol. The molecule has 0 heterocycles. The van der Waals surface area contributed by atoms with E-state index in [1.54, 1.807) is 41.5 Å². The van der Waals surface area contributed by atoms with Gasteiger partial charge in [-0.2, -0.15) is 0 Å². The summed E-state index contributed by atoms with van der Waals surface area (Å²) >= 11 is 0. The van der Waals surface area contributed by atoms with Crippen molar-refractivity contribution in [1.82, 2.24) is 16.0 Å². The van der Waals surface area contributed by atoms with Gasteiger partial charge in [-0.05, 0) is 73.6 Å². The van der Waals surface area contributed by atoms with Crippen molar-refractivity contribution in [3.05, 3.63) is 0 Å². The molecule has 0 saturated heterocycles. The normalized spacial score (nSPS) is 16.3. The van der Waals surface area contributed by atoms with E-state index in [0.29, 0.717) is 0 Å². The van der Waals surface area contributed by atoms with Gasteiger partial charge in [-0.25, -0.2) is 19.4 Å². The second kappa shape index (κ2) is 15.6. The van der Waals surface area contributed by atoms with Crippen LogP contribution >= 0.6 is 7.72 Å². The first kappa shape index (κ1) is 35.7. The molecule has 0 spiro atoms. The van der Waals surface area contributed by atoms with Crippen molar-refractivity contribution in [2.75, 3.05) is 18.9 Å². The number of carbonyl (C=O) groups excluding carboxylic acids is 5. The van der Waals surface area contributed by atoms with E-state index in [1.807, 2.05) is 0 Å². The van der Waals surface area contributed by atoms with Gasteiger partial charge in [0.05, 0.1) is 6.54 Å². The molecule has 0 aliphatic heterocycles. The molecule has 5 N–H and O–H groups in total. The van der Waals surface area contributed by atoms with Gasteiger partial charge in [0.2, 0.25) is 11.8 Å². The highest BCUT2D eigenvalue weighted by atomic mass is 31.2. The number of hydrogen-bond acceptors (Lipinski definition) is 9. The largest absolute Gasteiger partial charge is 0.458 e. The topological polar surface area (TPSA) is 180 Å². The number of carbonyl (C=O) groups is 5. The zero-order valence-electron chi connectivity index (χ0n) is 25.0. The fourth-order valence-corrected chi connectivity index (χ4v) is 6.23. The van der Waals surface area contributed by atoms with E-state index >= 15 is 0 Å². The van der Waals surface area contributed by atoms with Crippen LogP contribution in [0.15, 0.2) is 0 Å². The number of hydrogen-bond donors (Lipinski definition) is 5. The highest BCUT2D eigenvalue weighted by molar-refractivity contribution is 7.65. The maximum absolute atomic E-state index is 12.9. The third-order valence-electron chi connectivity index (χ3n) is 5.97. The van der Waals surface area contributed by atoms with Crippen LogP contribution in [0.2, 0.25) is 0 Å². The third-order valence-corrected chi connectivity index (χ3v) is 7.93. The molecule has 1 aliphatic rings. The zero-order valence-corrected chi connectivity index (χ0v) is 25.9. The quantitative estimate of drug-likeness (QED) is 0.159. The molecule has 1 rings (SSSR count). The Hall–Kier alpha value is -2.30. The summed E-state index contributed by atoms with van der Waals surface area (Å²) in [6.45, 7) is 11.1. The highest BCUT2D eigenvalue weighted by Crippen LogP contribution is 2.53. The lowest BCUT2D eigenvalue weighted by Crippen LogP contribution is -2.52. The molecule has 0 bridgehead atoms.